The number of hydrogen-bond acceptors (Lipinski definition) is 1. The van der Waals surface area contributed by atoms with Crippen molar-refractivity contribution in [2.75, 3.05) is 19.6 Å². The quantitative estimate of drug-likeness (QED) is 0.430. The van der Waals surface area contributed by atoms with Gasteiger partial charge in [0.1, 0.15) is 0 Å². The average molecular weight is 272 g/mol. The molecular formula is C16H24N4. The summed E-state index contributed by atoms with van der Waals surface area (Å²) in [5.74, 6) is 0.911. The lowest BCUT2D eigenvalue weighted by Gasteiger charge is -2.08. The second kappa shape index (κ2) is 7.58. The molecule has 0 radical (unpaired) electrons. The fraction of sp³-hybridized carbons (Fsp3) is 0.438. The summed E-state index contributed by atoms with van der Waals surface area (Å²) in [5.41, 5.74) is 2.59. The number of aryl methyl sites for hydroxylation is 1. The van der Waals surface area contributed by atoms with E-state index in [1.807, 2.05) is 0 Å². The van der Waals surface area contributed by atoms with Crippen molar-refractivity contribution in [3.05, 3.63) is 36.0 Å². The molecule has 0 aliphatic carbocycles. The van der Waals surface area contributed by atoms with Crippen LogP contribution in [0, 0.1) is 0 Å². The second-order valence-corrected chi connectivity index (χ2v) is 4.75. The van der Waals surface area contributed by atoms with Crippen LogP contribution >= 0.6 is 0 Å². The number of rotatable bonds is 6. The SMILES string of the molecule is CCNC(=NCCCc1c[nH]c2ccccc12)NCC. The van der Waals surface area contributed by atoms with Gasteiger partial charge in [-0.15, -0.1) is 0 Å². The predicted molar refractivity (Wildman–Crippen MR) is 86.3 cm³/mol. The molecule has 1 aromatic carbocycles. The smallest absolute Gasteiger partial charge is 0.191 e. The lowest BCUT2D eigenvalue weighted by Crippen LogP contribution is -2.37. The topological polar surface area (TPSA) is 52.2 Å². The van der Waals surface area contributed by atoms with Crippen LogP contribution in [0.2, 0.25) is 0 Å². The molecular weight excluding hydrogens is 248 g/mol. The Kier molecular flexibility index (Phi) is 5.47. The molecule has 0 bridgehead atoms. The van der Waals surface area contributed by atoms with Gasteiger partial charge in [0, 0.05) is 36.7 Å². The van der Waals surface area contributed by atoms with Gasteiger partial charge in [-0.25, -0.2) is 0 Å². The Morgan fingerprint density at radius 2 is 1.90 bits per heavy atom. The van der Waals surface area contributed by atoms with Crippen molar-refractivity contribution < 1.29 is 0 Å². The highest BCUT2D eigenvalue weighted by molar-refractivity contribution is 5.83. The van der Waals surface area contributed by atoms with E-state index in [9.17, 15) is 0 Å². The molecule has 0 spiro atoms. The third-order valence-corrected chi connectivity index (χ3v) is 3.24. The number of para-hydroxylation sites is 1. The van der Waals surface area contributed by atoms with E-state index in [4.69, 9.17) is 0 Å². The van der Waals surface area contributed by atoms with Gasteiger partial charge in [0.15, 0.2) is 5.96 Å². The molecule has 3 N–H and O–H groups in total. The number of H-pyrrole nitrogens is 1. The Hall–Kier alpha value is -1.97. The van der Waals surface area contributed by atoms with E-state index in [2.05, 4.69) is 64.9 Å². The third kappa shape index (κ3) is 3.76. The number of aromatic nitrogens is 1. The monoisotopic (exact) mass is 272 g/mol. The van der Waals surface area contributed by atoms with Crippen LogP contribution in [0.4, 0.5) is 0 Å². The van der Waals surface area contributed by atoms with Gasteiger partial charge in [0.2, 0.25) is 0 Å². The molecule has 1 heterocycles. The number of benzene rings is 1. The molecule has 0 aliphatic heterocycles. The number of aromatic amines is 1. The summed E-state index contributed by atoms with van der Waals surface area (Å²) in [7, 11) is 0. The minimum Gasteiger partial charge on any atom is -0.361 e. The molecule has 0 aliphatic rings. The Bertz CT molecular complexity index is 548. The van der Waals surface area contributed by atoms with Crippen molar-refractivity contribution in [3.63, 3.8) is 0 Å². The molecule has 0 saturated carbocycles. The Labute approximate surface area is 120 Å². The maximum absolute atomic E-state index is 4.57. The number of hydrogen-bond donors (Lipinski definition) is 3. The molecule has 2 rings (SSSR count). The lowest BCUT2D eigenvalue weighted by atomic mass is 10.1. The molecule has 0 atom stereocenters. The molecule has 0 amide bonds. The highest BCUT2D eigenvalue weighted by atomic mass is 15.2. The summed E-state index contributed by atoms with van der Waals surface area (Å²) < 4.78 is 0. The maximum atomic E-state index is 4.57. The van der Waals surface area contributed by atoms with E-state index >= 15 is 0 Å². The van der Waals surface area contributed by atoms with Gasteiger partial charge in [0.05, 0.1) is 0 Å². The normalized spacial score (nSPS) is 10.5. The fourth-order valence-electron chi connectivity index (χ4n) is 2.31. The van der Waals surface area contributed by atoms with Crippen LogP contribution in [0.25, 0.3) is 10.9 Å². The van der Waals surface area contributed by atoms with E-state index in [0.29, 0.717) is 0 Å². The summed E-state index contributed by atoms with van der Waals surface area (Å²) >= 11 is 0. The predicted octanol–water partition coefficient (Wildman–Crippen LogP) is 2.68. The first-order chi connectivity index (χ1) is 9.85. The van der Waals surface area contributed by atoms with Crippen LogP contribution in [0.3, 0.4) is 0 Å². The summed E-state index contributed by atoms with van der Waals surface area (Å²) in [4.78, 5) is 7.88. The van der Waals surface area contributed by atoms with E-state index in [0.717, 1.165) is 38.4 Å². The minimum atomic E-state index is 0.842. The van der Waals surface area contributed by atoms with Crippen molar-refractivity contribution >= 4 is 16.9 Å². The summed E-state index contributed by atoms with van der Waals surface area (Å²) in [5, 5.41) is 7.81. The first-order valence-corrected chi connectivity index (χ1v) is 7.42. The van der Waals surface area contributed by atoms with Crippen LogP contribution in [0.15, 0.2) is 35.5 Å². The first-order valence-electron chi connectivity index (χ1n) is 7.42. The van der Waals surface area contributed by atoms with Crippen molar-refractivity contribution in [2.45, 2.75) is 26.7 Å². The average Bonchev–Trinajstić information content (AvgIpc) is 2.87. The van der Waals surface area contributed by atoms with E-state index in [1.165, 1.54) is 16.5 Å². The zero-order valence-corrected chi connectivity index (χ0v) is 12.4. The van der Waals surface area contributed by atoms with Crippen LogP contribution in [0.1, 0.15) is 25.8 Å². The van der Waals surface area contributed by atoms with Gasteiger partial charge in [-0.1, -0.05) is 18.2 Å². The van der Waals surface area contributed by atoms with Crippen LogP contribution < -0.4 is 10.6 Å². The highest BCUT2D eigenvalue weighted by Crippen LogP contribution is 2.18. The summed E-state index contributed by atoms with van der Waals surface area (Å²) in [6.45, 7) is 6.80. The molecule has 1 aromatic heterocycles. The van der Waals surface area contributed by atoms with E-state index < -0.39 is 0 Å². The van der Waals surface area contributed by atoms with Gasteiger partial charge < -0.3 is 15.6 Å². The molecule has 20 heavy (non-hydrogen) atoms. The van der Waals surface area contributed by atoms with Gasteiger partial charge in [-0.2, -0.15) is 0 Å². The fourth-order valence-corrected chi connectivity index (χ4v) is 2.31. The van der Waals surface area contributed by atoms with Crippen molar-refractivity contribution in [2.24, 2.45) is 4.99 Å². The summed E-state index contributed by atoms with van der Waals surface area (Å²) in [6, 6.07) is 8.44. The van der Waals surface area contributed by atoms with Crippen molar-refractivity contribution in [1.82, 2.24) is 15.6 Å². The first kappa shape index (κ1) is 14.4. The minimum absolute atomic E-state index is 0.842. The zero-order chi connectivity index (χ0) is 14.2. The number of aliphatic imine (C=N–C) groups is 1. The number of nitrogens with zero attached hydrogens (tertiary/aromatic N) is 1. The van der Waals surface area contributed by atoms with Crippen LogP contribution in [-0.4, -0.2) is 30.6 Å². The number of fused-ring (bicyclic) bond motifs is 1. The van der Waals surface area contributed by atoms with E-state index in [1.54, 1.807) is 0 Å². The largest absolute Gasteiger partial charge is 0.361 e. The third-order valence-electron chi connectivity index (χ3n) is 3.24. The van der Waals surface area contributed by atoms with Crippen LogP contribution in [-0.2, 0) is 6.42 Å². The summed E-state index contributed by atoms with van der Waals surface area (Å²) in [6.07, 6.45) is 4.23. The van der Waals surface area contributed by atoms with Gasteiger partial charge in [-0.3, -0.25) is 4.99 Å². The van der Waals surface area contributed by atoms with Gasteiger partial charge in [0.25, 0.3) is 0 Å². The molecule has 2 aromatic rings. The molecule has 4 heteroatoms. The Balaban J connectivity index is 1.87. The Morgan fingerprint density at radius 1 is 1.15 bits per heavy atom. The van der Waals surface area contributed by atoms with Crippen LogP contribution in [0.5, 0.6) is 0 Å². The molecule has 4 nitrogen and oxygen atoms in total. The highest BCUT2D eigenvalue weighted by Gasteiger charge is 2.02. The van der Waals surface area contributed by atoms with Gasteiger partial charge in [-0.05, 0) is 38.3 Å². The standard InChI is InChI=1S/C16H24N4/c1-3-17-16(18-4-2)19-11-7-8-13-12-20-15-10-6-5-9-14(13)15/h5-6,9-10,12,20H,3-4,7-8,11H2,1-2H3,(H2,17,18,19). The number of nitrogens with one attached hydrogen (secondary N) is 3. The number of guanidine groups is 1. The van der Waals surface area contributed by atoms with Crippen molar-refractivity contribution in [3.8, 4) is 0 Å². The van der Waals surface area contributed by atoms with E-state index in [-0.39, 0.29) is 0 Å². The molecule has 0 unspecified atom stereocenters. The molecule has 108 valence electrons. The lowest BCUT2D eigenvalue weighted by molar-refractivity contribution is 0.797. The molecule has 0 fully saturated rings. The zero-order valence-electron chi connectivity index (χ0n) is 12.4. The van der Waals surface area contributed by atoms with Gasteiger partial charge >= 0.3 is 0 Å². The second-order valence-electron chi connectivity index (χ2n) is 4.75. The Morgan fingerprint density at radius 3 is 2.65 bits per heavy atom. The molecule has 0 saturated heterocycles. The maximum Gasteiger partial charge on any atom is 0.191 e. The van der Waals surface area contributed by atoms with Crippen molar-refractivity contribution in [1.29, 1.82) is 0 Å².